The fraction of sp³-hybridized carbons (Fsp3) is 0.207. The number of aromatic nitrogens is 1. The molecule has 4 aromatic rings. The van der Waals surface area contributed by atoms with Gasteiger partial charge in [-0.15, -0.1) is 0 Å². The van der Waals surface area contributed by atoms with Crippen molar-refractivity contribution < 1.29 is 9.53 Å². The highest BCUT2D eigenvalue weighted by atomic mass is 16.5. The molecule has 0 spiro atoms. The van der Waals surface area contributed by atoms with E-state index in [4.69, 9.17) is 4.74 Å². The van der Waals surface area contributed by atoms with Crippen molar-refractivity contribution in [2.75, 3.05) is 6.54 Å². The Balaban J connectivity index is 1.49. The number of para-hydroxylation sites is 2. The second-order valence-electron chi connectivity index (χ2n) is 8.54. The third kappa shape index (κ3) is 4.17. The number of H-pyrrole nitrogens is 1. The summed E-state index contributed by atoms with van der Waals surface area (Å²) >= 11 is 0. The molecule has 0 saturated carbocycles. The Kier molecular flexibility index (Phi) is 5.99. The van der Waals surface area contributed by atoms with E-state index >= 15 is 0 Å². The second-order valence-corrected chi connectivity index (χ2v) is 8.54. The number of amides is 1. The van der Waals surface area contributed by atoms with Crippen LogP contribution < -0.4 is 10.1 Å². The minimum absolute atomic E-state index is 0.0327. The van der Waals surface area contributed by atoms with E-state index in [9.17, 15) is 4.79 Å². The summed E-state index contributed by atoms with van der Waals surface area (Å²) in [5.41, 5.74) is 3.48. The highest BCUT2D eigenvalue weighted by Gasteiger charge is 2.47. The van der Waals surface area contributed by atoms with Gasteiger partial charge in [-0.1, -0.05) is 66.7 Å². The molecule has 0 fully saturated rings. The van der Waals surface area contributed by atoms with Crippen LogP contribution in [0.1, 0.15) is 35.2 Å². The zero-order valence-electron chi connectivity index (χ0n) is 18.6. The zero-order chi connectivity index (χ0) is 22.5. The van der Waals surface area contributed by atoms with Crippen LogP contribution >= 0.6 is 0 Å². The minimum Gasteiger partial charge on any atom is -0.457 e. The first kappa shape index (κ1) is 21.1. The lowest BCUT2D eigenvalue weighted by atomic mass is 9.68. The third-order valence-corrected chi connectivity index (χ3v) is 6.50. The van der Waals surface area contributed by atoms with Crippen LogP contribution in [0.2, 0.25) is 0 Å². The largest absolute Gasteiger partial charge is 0.457 e. The van der Waals surface area contributed by atoms with E-state index in [1.165, 1.54) is 5.56 Å². The SMILES string of the molecule is O=C(NCCc1ccc[nH]1)C1(CCCc2ccccc2)c2ccccc2Oc2ccccc21. The molecule has 5 rings (SSSR count). The van der Waals surface area contributed by atoms with Gasteiger partial charge in [0.2, 0.25) is 5.91 Å². The third-order valence-electron chi connectivity index (χ3n) is 6.50. The summed E-state index contributed by atoms with van der Waals surface area (Å²) in [5.74, 6) is 1.55. The van der Waals surface area contributed by atoms with Crippen molar-refractivity contribution in [3.8, 4) is 11.5 Å². The van der Waals surface area contributed by atoms with Crippen LogP contribution in [0.25, 0.3) is 0 Å². The molecular formula is C29H28N2O2. The summed E-state index contributed by atoms with van der Waals surface area (Å²) in [7, 11) is 0. The molecular weight excluding hydrogens is 408 g/mol. The van der Waals surface area contributed by atoms with Gasteiger partial charge in [-0.2, -0.15) is 0 Å². The average Bonchev–Trinajstić information content (AvgIpc) is 3.38. The molecule has 0 atom stereocenters. The van der Waals surface area contributed by atoms with Gasteiger partial charge in [-0.3, -0.25) is 4.79 Å². The molecule has 166 valence electrons. The van der Waals surface area contributed by atoms with Crippen LogP contribution in [0, 0.1) is 0 Å². The molecule has 0 aliphatic carbocycles. The Bertz CT molecular complexity index is 1170. The number of carbonyl (C=O) groups is 1. The molecule has 0 radical (unpaired) electrons. The summed E-state index contributed by atoms with van der Waals surface area (Å²) in [6, 6.07) is 30.4. The summed E-state index contributed by atoms with van der Waals surface area (Å²) in [5, 5.41) is 3.25. The van der Waals surface area contributed by atoms with Crippen molar-refractivity contribution in [3.05, 3.63) is 120 Å². The van der Waals surface area contributed by atoms with Gasteiger partial charge in [-0.25, -0.2) is 0 Å². The Morgan fingerprint density at radius 3 is 2.12 bits per heavy atom. The smallest absolute Gasteiger partial charge is 0.235 e. The van der Waals surface area contributed by atoms with Gasteiger partial charge in [-0.05, 0) is 49.1 Å². The molecule has 0 saturated heterocycles. The molecule has 3 aromatic carbocycles. The normalized spacial score (nSPS) is 13.5. The highest BCUT2D eigenvalue weighted by Crippen LogP contribution is 2.50. The second kappa shape index (κ2) is 9.37. The number of carbonyl (C=O) groups excluding carboxylic acids is 1. The van der Waals surface area contributed by atoms with E-state index in [-0.39, 0.29) is 5.91 Å². The van der Waals surface area contributed by atoms with Gasteiger partial charge < -0.3 is 15.0 Å². The van der Waals surface area contributed by atoms with Crippen molar-refractivity contribution >= 4 is 5.91 Å². The summed E-state index contributed by atoms with van der Waals surface area (Å²) in [4.78, 5) is 17.3. The Morgan fingerprint density at radius 2 is 1.45 bits per heavy atom. The number of ether oxygens (including phenoxy) is 1. The molecule has 1 amide bonds. The van der Waals surface area contributed by atoms with Crippen molar-refractivity contribution in [2.45, 2.75) is 31.1 Å². The van der Waals surface area contributed by atoms with Crippen molar-refractivity contribution in [1.29, 1.82) is 0 Å². The maximum absolute atomic E-state index is 14.0. The molecule has 4 nitrogen and oxygen atoms in total. The lowest BCUT2D eigenvalue weighted by Crippen LogP contribution is -2.47. The predicted molar refractivity (Wildman–Crippen MR) is 131 cm³/mol. The van der Waals surface area contributed by atoms with Crippen LogP contribution in [0.5, 0.6) is 11.5 Å². The number of hydrogen-bond donors (Lipinski definition) is 2. The first-order chi connectivity index (χ1) is 16.3. The van der Waals surface area contributed by atoms with Crippen molar-refractivity contribution in [3.63, 3.8) is 0 Å². The molecule has 2 heterocycles. The summed E-state index contributed by atoms with van der Waals surface area (Å²) in [6.07, 6.45) is 5.18. The monoisotopic (exact) mass is 436 g/mol. The Hall–Kier alpha value is -3.79. The zero-order valence-corrected chi connectivity index (χ0v) is 18.6. The number of fused-ring (bicyclic) bond motifs is 2. The molecule has 4 heteroatoms. The van der Waals surface area contributed by atoms with Crippen LogP contribution in [0.3, 0.4) is 0 Å². The fourth-order valence-corrected chi connectivity index (χ4v) is 4.89. The number of benzene rings is 3. The van der Waals surface area contributed by atoms with Gasteiger partial charge in [0.1, 0.15) is 16.9 Å². The fourth-order valence-electron chi connectivity index (χ4n) is 4.89. The van der Waals surface area contributed by atoms with E-state index in [0.29, 0.717) is 13.0 Å². The van der Waals surface area contributed by atoms with Gasteiger partial charge in [0.25, 0.3) is 0 Å². The Labute approximate surface area is 194 Å². The molecule has 1 aliphatic rings. The standard InChI is InChI=1S/C29H28N2O2/c32-28(31-21-18-23-13-9-20-30-23)29(19-8-12-22-10-2-1-3-11-22)24-14-4-6-16-26(24)33-27-17-7-5-15-25(27)29/h1-7,9-11,13-17,20,30H,8,12,18-19,21H2,(H,31,32). The number of aromatic amines is 1. The number of nitrogens with one attached hydrogen (secondary N) is 2. The quantitative estimate of drug-likeness (QED) is 0.367. The Morgan fingerprint density at radius 1 is 0.788 bits per heavy atom. The van der Waals surface area contributed by atoms with E-state index < -0.39 is 5.41 Å². The molecule has 33 heavy (non-hydrogen) atoms. The molecule has 0 bridgehead atoms. The van der Waals surface area contributed by atoms with E-state index in [2.05, 4.69) is 34.6 Å². The molecule has 0 unspecified atom stereocenters. The van der Waals surface area contributed by atoms with Crippen LogP contribution in [0.4, 0.5) is 0 Å². The topological polar surface area (TPSA) is 54.1 Å². The molecule has 1 aromatic heterocycles. The van der Waals surface area contributed by atoms with E-state index in [0.717, 1.165) is 47.6 Å². The predicted octanol–water partition coefficient (Wildman–Crippen LogP) is 5.79. The molecule has 2 N–H and O–H groups in total. The van der Waals surface area contributed by atoms with Crippen molar-refractivity contribution in [2.24, 2.45) is 0 Å². The van der Waals surface area contributed by atoms with Crippen LogP contribution in [0.15, 0.2) is 97.2 Å². The lowest BCUT2D eigenvalue weighted by molar-refractivity contribution is -0.125. The first-order valence-electron chi connectivity index (χ1n) is 11.6. The minimum atomic E-state index is -0.796. The van der Waals surface area contributed by atoms with Crippen LogP contribution in [-0.2, 0) is 23.1 Å². The van der Waals surface area contributed by atoms with Gasteiger partial charge >= 0.3 is 0 Å². The number of aryl methyl sites for hydroxylation is 1. The van der Waals surface area contributed by atoms with E-state index in [1.807, 2.05) is 72.9 Å². The van der Waals surface area contributed by atoms with Crippen molar-refractivity contribution in [1.82, 2.24) is 10.3 Å². The number of hydrogen-bond acceptors (Lipinski definition) is 2. The van der Waals surface area contributed by atoms with Crippen LogP contribution in [-0.4, -0.2) is 17.4 Å². The van der Waals surface area contributed by atoms with Gasteiger partial charge in [0, 0.05) is 36.0 Å². The van der Waals surface area contributed by atoms with Gasteiger partial charge in [0.15, 0.2) is 0 Å². The maximum Gasteiger partial charge on any atom is 0.235 e. The van der Waals surface area contributed by atoms with Gasteiger partial charge in [0.05, 0.1) is 0 Å². The summed E-state index contributed by atoms with van der Waals surface area (Å²) < 4.78 is 6.23. The summed E-state index contributed by atoms with van der Waals surface area (Å²) in [6.45, 7) is 0.574. The molecule has 1 aliphatic heterocycles. The average molecular weight is 437 g/mol. The highest BCUT2D eigenvalue weighted by molar-refractivity contribution is 5.94. The number of rotatable bonds is 8. The lowest BCUT2D eigenvalue weighted by Gasteiger charge is -2.39. The maximum atomic E-state index is 14.0. The first-order valence-corrected chi connectivity index (χ1v) is 11.6. The van der Waals surface area contributed by atoms with E-state index in [1.54, 1.807) is 0 Å².